The molecule has 2 saturated heterocycles. The van der Waals surface area contributed by atoms with Crippen LogP contribution in [0, 0.1) is 5.92 Å². The van der Waals surface area contributed by atoms with Crippen LogP contribution in [0.4, 0.5) is 0 Å². The quantitative estimate of drug-likeness (QED) is 0.614. The fourth-order valence-electron chi connectivity index (χ4n) is 2.46. The van der Waals surface area contributed by atoms with Gasteiger partial charge in [0.2, 0.25) is 5.91 Å². The van der Waals surface area contributed by atoms with Gasteiger partial charge in [-0.05, 0) is 32.2 Å². The molecule has 0 bridgehead atoms. The number of fused-ring (bicyclic) bond motifs is 1. The third-order valence-electron chi connectivity index (χ3n) is 3.20. The molecule has 0 saturated carbocycles. The summed E-state index contributed by atoms with van der Waals surface area (Å²) in [5, 5.41) is 0. The summed E-state index contributed by atoms with van der Waals surface area (Å²) in [4.78, 5) is 13.4. The first-order valence-electron chi connectivity index (χ1n) is 4.81. The first kappa shape index (κ1) is 8.05. The molecule has 0 aromatic rings. The predicted molar refractivity (Wildman–Crippen MR) is 46.5 cm³/mol. The maximum Gasteiger partial charge on any atom is 0.221 e. The van der Waals surface area contributed by atoms with Gasteiger partial charge in [-0.15, -0.1) is 0 Å². The highest BCUT2D eigenvalue weighted by Gasteiger charge is 2.33. The van der Waals surface area contributed by atoms with Crippen LogP contribution in [-0.2, 0) is 4.79 Å². The van der Waals surface area contributed by atoms with E-state index in [1.165, 1.54) is 25.8 Å². The molecule has 2 heterocycles. The second-order valence-corrected chi connectivity index (χ2v) is 3.97. The van der Waals surface area contributed by atoms with Crippen LogP contribution in [0.15, 0.2) is 0 Å². The Balaban J connectivity index is 1.96. The Morgan fingerprint density at radius 1 is 1.33 bits per heavy atom. The van der Waals surface area contributed by atoms with Gasteiger partial charge >= 0.3 is 0 Å². The molecule has 1 amide bonds. The first-order valence-corrected chi connectivity index (χ1v) is 4.81. The van der Waals surface area contributed by atoms with Crippen LogP contribution in [-0.4, -0.2) is 29.9 Å². The lowest BCUT2D eigenvalue weighted by Crippen LogP contribution is -2.43. The zero-order valence-corrected chi connectivity index (χ0v) is 7.33. The van der Waals surface area contributed by atoms with E-state index in [-0.39, 0.29) is 11.8 Å². The van der Waals surface area contributed by atoms with Gasteiger partial charge in [0.05, 0.1) is 5.92 Å². The standard InChI is InChI=1S/C9H16N2O/c10-9(12)7-3-4-8-2-1-5-11(8)6-7/h7-8H,1-6H2,(H2,10,12). The molecule has 2 N–H and O–H groups in total. The topological polar surface area (TPSA) is 46.3 Å². The van der Waals surface area contributed by atoms with E-state index in [1.54, 1.807) is 0 Å². The minimum absolute atomic E-state index is 0.111. The van der Waals surface area contributed by atoms with Gasteiger partial charge in [-0.25, -0.2) is 0 Å². The molecule has 0 aliphatic carbocycles. The molecule has 0 aromatic carbocycles. The summed E-state index contributed by atoms with van der Waals surface area (Å²) in [5.74, 6) is 0.0136. The summed E-state index contributed by atoms with van der Waals surface area (Å²) >= 11 is 0. The summed E-state index contributed by atoms with van der Waals surface area (Å²) in [6.07, 6.45) is 4.81. The van der Waals surface area contributed by atoms with Crippen molar-refractivity contribution < 1.29 is 4.79 Å². The van der Waals surface area contributed by atoms with E-state index in [1.807, 2.05) is 0 Å². The number of nitrogens with two attached hydrogens (primary N) is 1. The normalized spacial score (nSPS) is 36.3. The van der Waals surface area contributed by atoms with Gasteiger partial charge < -0.3 is 5.73 Å². The van der Waals surface area contributed by atoms with Crippen molar-refractivity contribution in [3.8, 4) is 0 Å². The van der Waals surface area contributed by atoms with Crippen LogP contribution in [0.3, 0.4) is 0 Å². The maximum atomic E-state index is 10.9. The van der Waals surface area contributed by atoms with E-state index in [2.05, 4.69) is 4.90 Å². The van der Waals surface area contributed by atoms with Crippen molar-refractivity contribution >= 4 is 5.91 Å². The van der Waals surface area contributed by atoms with Crippen LogP contribution in [0.25, 0.3) is 0 Å². The third-order valence-corrected chi connectivity index (χ3v) is 3.20. The van der Waals surface area contributed by atoms with Crippen LogP contribution in [0.2, 0.25) is 0 Å². The van der Waals surface area contributed by atoms with E-state index in [9.17, 15) is 4.79 Å². The molecule has 0 spiro atoms. The molecule has 0 aromatic heterocycles. The van der Waals surface area contributed by atoms with Crippen molar-refractivity contribution in [1.29, 1.82) is 0 Å². The van der Waals surface area contributed by atoms with Gasteiger partial charge in [0.1, 0.15) is 0 Å². The number of carbonyl (C=O) groups excluding carboxylic acids is 1. The Morgan fingerprint density at radius 3 is 2.92 bits per heavy atom. The molecule has 2 rings (SSSR count). The molecule has 2 unspecified atom stereocenters. The number of rotatable bonds is 1. The summed E-state index contributed by atoms with van der Waals surface area (Å²) in [6.45, 7) is 2.09. The second kappa shape index (κ2) is 3.05. The number of hydrogen-bond acceptors (Lipinski definition) is 2. The molecule has 0 radical (unpaired) electrons. The molecule has 3 nitrogen and oxygen atoms in total. The van der Waals surface area contributed by atoms with Crippen LogP contribution in [0.5, 0.6) is 0 Å². The fourth-order valence-corrected chi connectivity index (χ4v) is 2.46. The lowest BCUT2D eigenvalue weighted by atomic mass is 9.93. The molecule has 68 valence electrons. The van der Waals surface area contributed by atoms with E-state index >= 15 is 0 Å². The summed E-state index contributed by atoms with van der Waals surface area (Å²) < 4.78 is 0. The number of hydrogen-bond donors (Lipinski definition) is 1. The summed E-state index contributed by atoms with van der Waals surface area (Å²) in [7, 11) is 0. The Kier molecular flexibility index (Phi) is 2.05. The van der Waals surface area contributed by atoms with Gasteiger partial charge in [0.25, 0.3) is 0 Å². The Bertz CT molecular complexity index is 193. The third kappa shape index (κ3) is 1.33. The van der Waals surface area contributed by atoms with Crippen molar-refractivity contribution in [1.82, 2.24) is 4.90 Å². The van der Waals surface area contributed by atoms with Crippen molar-refractivity contribution in [2.45, 2.75) is 31.7 Å². The van der Waals surface area contributed by atoms with Gasteiger partial charge in [-0.3, -0.25) is 9.69 Å². The molecular weight excluding hydrogens is 152 g/mol. The number of piperidine rings is 1. The molecule has 2 atom stereocenters. The van der Waals surface area contributed by atoms with Crippen LogP contribution in [0.1, 0.15) is 25.7 Å². The lowest BCUT2D eigenvalue weighted by Gasteiger charge is -2.33. The highest BCUT2D eigenvalue weighted by molar-refractivity contribution is 5.77. The van der Waals surface area contributed by atoms with Crippen molar-refractivity contribution in [2.75, 3.05) is 13.1 Å². The van der Waals surface area contributed by atoms with Crippen molar-refractivity contribution in [3.63, 3.8) is 0 Å². The van der Waals surface area contributed by atoms with E-state index in [4.69, 9.17) is 5.73 Å². The lowest BCUT2D eigenvalue weighted by molar-refractivity contribution is -0.123. The average Bonchev–Trinajstić information content (AvgIpc) is 2.49. The highest BCUT2D eigenvalue weighted by atomic mass is 16.1. The Hall–Kier alpha value is -0.570. The zero-order valence-electron chi connectivity index (χ0n) is 7.33. The number of nitrogens with zero attached hydrogens (tertiary/aromatic N) is 1. The van der Waals surface area contributed by atoms with Crippen LogP contribution < -0.4 is 5.73 Å². The second-order valence-electron chi connectivity index (χ2n) is 3.97. The van der Waals surface area contributed by atoms with Gasteiger partial charge in [0, 0.05) is 12.6 Å². The highest BCUT2D eigenvalue weighted by Crippen LogP contribution is 2.29. The largest absolute Gasteiger partial charge is 0.369 e. The van der Waals surface area contributed by atoms with Crippen LogP contribution >= 0.6 is 0 Å². The van der Waals surface area contributed by atoms with Crippen molar-refractivity contribution in [3.05, 3.63) is 0 Å². The Morgan fingerprint density at radius 2 is 2.17 bits per heavy atom. The van der Waals surface area contributed by atoms with Gasteiger partial charge in [-0.2, -0.15) is 0 Å². The molecule has 12 heavy (non-hydrogen) atoms. The molecule has 3 heteroatoms. The smallest absolute Gasteiger partial charge is 0.221 e. The minimum Gasteiger partial charge on any atom is -0.369 e. The maximum absolute atomic E-state index is 10.9. The van der Waals surface area contributed by atoms with E-state index in [0.29, 0.717) is 0 Å². The first-order chi connectivity index (χ1) is 5.77. The molecule has 2 aliphatic rings. The summed E-state index contributed by atoms with van der Waals surface area (Å²) in [5.41, 5.74) is 5.28. The van der Waals surface area contributed by atoms with Crippen molar-refractivity contribution in [2.24, 2.45) is 11.7 Å². The molecular formula is C9H16N2O. The van der Waals surface area contributed by atoms with E-state index < -0.39 is 0 Å². The number of carbonyl (C=O) groups is 1. The monoisotopic (exact) mass is 168 g/mol. The SMILES string of the molecule is NC(=O)C1CCC2CCCN2C1. The minimum atomic E-state index is -0.111. The average molecular weight is 168 g/mol. The predicted octanol–water partition coefficient (Wildman–Crippen LogP) is 0.346. The summed E-state index contributed by atoms with van der Waals surface area (Å²) in [6, 6.07) is 0.764. The number of primary amides is 1. The van der Waals surface area contributed by atoms with Gasteiger partial charge in [0.15, 0.2) is 0 Å². The zero-order chi connectivity index (χ0) is 8.55. The Labute approximate surface area is 72.9 Å². The molecule has 2 aliphatic heterocycles. The van der Waals surface area contributed by atoms with E-state index in [0.717, 1.165) is 19.0 Å². The number of amides is 1. The fraction of sp³-hybridized carbons (Fsp3) is 0.889. The van der Waals surface area contributed by atoms with Gasteiger partial charge in [-0.1, -0.05) is 0 Å². The molecule has 2 fully saturated rings.